The maximum absolute atomic E-state index is 14.7. The summed E-state index contributed by atoms with van der Waals surface area (Å²) in [5.74, 6) is 1.49. The minimum Gasteiger partial charge on any atom is -0.240 e. The number of unbranched alkanes of at least 4 members (excludes halogenated alkanes) is 3. The van der Waals surface area contributed by atoms with Gasteiger partial charge in [0, 0.05) is 12.1 Å². The molecule has 2 nitrogen and oxygen atoms in total. The zero-order chi connectivity index (χ0) is 19.8. The highest BCUT2D eigenvalue weighted by Gasteiger charge is 2.24. The molecule has 0 amide bonds. The topological polar surface area (TPSA) is 25.8 Å². The number of aromatic nitrogens is 2. The summed E-state index contributed by atoms with van der Waals surface area (Å²) in [7, 11) is 0. The van der Waals surface area contributed by atoms with E-state index in [1.54, 1.807) is 6.20 Å². The van der Waals surface area contributed by atoms with E-state index in [1.165, 1.54) is 56.9 Å². The van der Waals surface area contributed by atoms with Gasteiger partial charge in [-0.2, -0.15) is 4.39 Å². The summed E-state index contributed by atoms with van der Waals surface area (Å²) in [4.78, 5) is 8.82. The predicted octanol–water partition coefficient (Wildman–Crippen LogP) is 7.48. The molecule has 28 heavy (non-hydrogen) atoms. The van der Waals surface area contributed by atoms with Gasteiger partial charge in [0.2, 0.25) is 5.95 Å². The molecule has 0 aliphatic heterocycles. The lowest BCUT2D eigenvalue weighted by Gasteiger charge is -2.27. The SMILES string of the molecule is CCCCCc1ccc(-c2cnc([C@H]3CC[C@H](CCCC)CC3)nc2F)cc1. The fraction of sp³-hybridized carbons (Fsp3) is 0.600. The number of hydrogen-bond donors (Lipinski definition) is 0. The molecule has 3 rings (SSSR count). The van der Waals surface area contributed by atoms with Crippen molar-refractivity contribution in [3.63, 3.8) is 0 Å². The second-order valence-corrected chi connectivity index (χ2v) is 8.45. The van der Waals surface area contributed by atoms with Crippen molar-refractivity contribution in [3.05, 3.63) is 47.8 Å². The average Bonchev–Trinajstić information content (AvgIpc) is 2.73. The molecule has 0 N–H and O–H groups in total. The lowest BCUT2D eigenvalue weighted by molar-refractivity contribution is 0.297. The lowest BCUT2D eigenvalue weighted by Crippen LogP contribution is -2.16. The number of hydrogen-bond acceptors (Lipinski definition) is 2. The van der Waals surface area contributed by atoms with Crippen LogP contribution in [0.4, 0.5) is 4.39 Å². The summed E-state index contributed by atoms with van der Waals surface area (Å²) in [6.07, 6.45) is 15.1. The van der Waals surface area contributed by atoms with Gasteiger partial charge in [0.25, 0.3) is 0 Å². The molecule has 0 atom stereocenters. The van der Waals surface area contributed by atoms with Gasteiger partial charge >= 0.3 is 0 Å². The highest BCUT2D eigenvalue weighted by atomic mass is 19.1. The number of aryl methyl sites for hydroxylation is 1. The van der Waals surface area contributed by atoms with Crippen molar-refractivity contribution >= 4 is 0 Å². The number of halogens is 1. The Labute approximate surface area is 170 Å². The number of nitrogens with zero attached hydrogens (tertiary/aromatic N) is 2. The first-order valence-electron chi connectivity index (χ1n) is 11.3. The molecule has 0 radical (unpaired) electrons. The van der Waals surface area contributed by atoms with Crippen LogP contribution in [-0.4, -0.2) is 9.97 Å². The molecule has 1 aliphatic carbocycles. The fourth-order valence-corrected chi connectivity index (χ4v) is 4.40. The Hall–Kier alpha value is -1.77. The van der Waals surface area contributed by atoms with Gasteiger partial charge in [0.15, 0.2) is 0 Å². The molecule has 1 saturated carbocycles. The van der Waals surface area contributed by atoms with Crippen LogP contribution in [0.15, 0.2) is 30.5 Å². The Kier molecular flexibility index (Phi) is 8.00. The van der Waals surface area contributed by atoms with Crippen LogP contribution in [0.5, 0.6) is 0 Å². The van der Waals surface area contributed by atoms with E-state index in [1.807, 2.05) is 12.1 Å². The molecule has 1 fully saturated rings. The van der Waals surface area contributed by atoms with Crippen LogP contribution in [0.3, 0.4) is 0 Å². The van der Waals surface area contributed by atoms with E-state index in [-0.39, 0.29) is 5.95 Å². The van der Waals surface area contributed by atoms with Crippen LogP contribution in [0.2, 0.25) is 0 Å². The Balaban J connectivity index is 1.61. The summed E-state index contributed by atoms with van der Waals surface area (Å²) in [5.41, 5.74) is 2.70. The van der Waals surface area contributed by atoms with Gasteiger partial charge in [-0.05, 0) is 55.6 Å². The monoisotopic (exact) mass is 382 g/mol. The van der Waals surface area contributed by atoms with Crippen molar-refractivity contribution in [2.45, 2.75) is 90.4 Å². The maximum Gasteiger partial charge on any atom is 0.224 e. The maximum atomic E-state index is 14.7. The Bertz CT molecular complexity index is 718. The smallest absolute Gasteiger partial charge is 0.224 e. The molecule has 3 heteroatoms. The third kappa shape index (κ3) is 5.62. The zero-order valence-corrected chi connectivity index (χ0v) is 17.6. The second-order valence-electron chi connectivity index (χ2n) is 8.45. The van der Waals surface area contributed by atoms with Gasteiger partial charge in [-0.1, -0.05) is 70.2 Å². The van der Waals surface area contributed by atoms with E-state index >= 15 is 0 Å². The van der Waals surface area contributed by atoms with E-state index in [2.05, 4.69) is 35.9 Å². The molecule has 2 aromatic rings. The van der Waals surface area contributed by atoms with Gasteiger partial charge < -0.3 is 0 Å². The van der Waals surface area contributed by atoms with Crippen molar-refractivity contribution in [2.24, 2.45) is 5.92 Å². The van der Waals surface area contributed by atoms with Crippen LogP contribution < -0.4 is 0 Å². The van der Waals surface area contributed by atoms with Crippen LogP contribution in [0, 0.1) is 11.9 Å². The van der Waals surface area contributed by atoms with E-state index in [0.29, 0.717) is 17.3 Å². The highest BCUT2D eigenvalue weighted by molar-refractivity contribution is 5.62. The first-order chi connectivity index (χ1) is 13.7. The molecule has 152 valence electrons. The molecular formula is C25H35FN2. The Morgan fingerprint density at radius 2 is 1.64 bits per heavy atom. The van der Waals surface area contributed by atoms with Crippen LogP contribution >= 0.6 is 0 Å². The van der Waals surface area contributed by atoms with E-state index < -0.39 is 0 Å². The molecule has 1 heterocycles. The van der Waals surface area contributed by atoms with E-state index in [0.717, 1.165) is 30.7 Å². The molecule has 1 aliphatic rings. The first kappa shape index (κ1) is 21.0. The third-order valence-electron chi connectivity index (χ3n) is 6.27. The number of benzene rings is 1. The van der Waals surface area contributed by atoms with Gasteiger partial charge in [0.1, 0.15) is 5.82 Å². The van der Waals surface area contributed by atoms with Crippen molar-refractivity contribution in [2.75, 3.05) is 0 Å². The Morgan fingerprint density at radius 1 is 0.929 bits per heavy atom. The molecule has 1 aromatic heterocycles. The zero-order valence-electron chi connectivity index (χ0n) is 17.6. The summed E-state index contributed by atoms with van der Waals surface area (Å²) in [6.45, 7) is 4.47. The summed E-state index contributed by atoms with van der Waals surface area (Å²) in [6, 6.07) is 8.22. The normalized spacial score (nSPS) is 19.7. The number of rotatable bonds is 9. The standard InChI is InChI=1S/C25H35FN2/c1-3-5-7-9-20-10-14-21(15-11-20)23-18-27-25(28-24(23)26)22-16-12-19(13-17-22)8-6-4-2/h10-11,14-15,18-19,22H,3-9,12-13,16-17H2,1-2H3/t19-,22-. The average molecular weight is 383 g/mol. The molecule has 1 aromatic carbocycles. The quantitative estimate of drug-likeness (QED) is 0.332. The van der Waals surface area contributed by atoms with Gasteiger partial charge in [-0.15, -0.1) is 0 Å². The van der Waals surface area contributed by atoms with Crippen molar-refractivity contribution in [3.8, 4) is 11.1 Å². The van der Waals surface area contributed by atoms with Crippen LogP contribution in [0.1, 0.15) is 95.4 Å². The summed E-state index contributed by atoms with van der Waals surface area (Å²) >= 11 is 0. The van der Waals surface area contributed by atoms with Crippen LogP contribution in [-0.2, 0) is 6.42 Å². The molecular weight excluding hydrogens is 347 g/mol. The van der Waals surface area contributed by atoms with Gasteiger partial charge in [-0.3, -0.25) is 0 Å². The first-order valence-corrected chi connectivity index (χ1v) is 11.3. The van der Waals surface area contributed by atoms with Gasteiger partial charge in [0.05, 0.1) is 5.56 Å². The molecule has 0 spiro atoms. The third-order valence-corrected chi connectivity index (χ3v) is 6.27. The van der Waals surface area contributed by atoms with Crippen molar-refractivity contribution in [1.82, 2.24) is 9.97 Å². The van der Waals surface area contributed by atoms with Crippen molar-refractivity contribution < 1.29 is 4.39 Å². The minimum atomic E-state index is -0.378. The predicted molar refractivity (Wildman–Crippen MR) is 115 cm³/mol. The molecule has 0 bridgehead atoms. The van der Waals surface area contributed by atoms with Gasteiger partial charge in [-0.25, -0.2) is 9.97 Å². The van der Waals surface area contributed by atoms with Crippen molar-refractivity contribution in [1.29, 1.82) is 0 Å². The fourth-order valence-electron chi connectivity index (χ4n) is 4.40. The highest BCUT2D eigenvalue weighted by Crippen LogP contribution is 2.37. The molecule has 0 unspecified atom stereocenters. The molecule has 0 saturated heterocycles. The second kappa shape index (κ2) is 10.7. The van der Waals surface area contributed by atoms with Crippen LogP contribution in [0.25, 0.3) is 11.1 Å². The Morgan fingerprint density at radius 3 is 2.29 bits per heavy atom. The largest absolute Gasteiger partial charge is 0.240 e. The van der Waals surface area contributed by atoms with E-state index in [9.17, 15) is 4.39 Å². The summed E-state index contributed by atoms with van der Waals surface area (Å²) in [5, 5.41) is 0. The minimum absolute atomic E-state index is 0.322. The van der Waals surface area contributed by atoms with E-state index in [4.69, 9.17) is 0 Å². The summed E-state index contributed by atoms with van der Waals surface area (Å²) < 4.78 is 14.7. The lowest BCUT2D eigenvalue weighted by atomic mass is 9.79.